The van der Waals surface area contributed by atoms with E-state index in [2.05, 4.69) is 5.32 Å². The van der Waals surface area contributed by atoms with Gasteiger partial charge in [0.25, 0.3) is 5.91 Å². The van der Waals surface area contributed by atoms with Crippen LogP contribution in [0.2, 0.25) is 0 Å². The summed E-state index contributed by atoms with van der Waals surface area (Å²) in [6, 6.07) is 13.8. The molecular formula is C22H22N2O5. The summed E-state index contributed by atoms with van der Waals surface area (Å²) < 4.78 is 5.47. The van der Waals surface area contributed by atoms with Crippen molar-refractivity contribution in [3.63, 3.8) is 0 Å². The number of benzene rings is 2. The van der Waals surface area contributed by atoms with Crippen molar-refractivity contribution in [1.82, 2.24) is 10.2 Å². The van der Waals surface area contributed by atoms with E-state index in [0.717, 1.165) is 5.56 Å². The zero-order valence-electron chi connectivity index (χ0n) is 15.8. The van der Waals surface area contributed by atoms with Crippen LogP contribution in [0, 0.1) is 0 Å². The number of nitrogens with one attached hydrogen (secondary N) is 1. The largest absolute Gasteiger partial charge is 0.508 e. The summed E-state index contributed by atoms with van der Waals surface area (Å²) >= 11 is 0. The van der Waals surface area contributed by atoms with Gasteiger partial charge in [-0.3, -0.25) is 14.4 Å². The van der Waals surface area contributed by atoms with Crippen molar-refractivity contribution in [2.45, 2.75) is 31.0 Å². The number of amides is 2. The van der Waals surface area contributed by atoms with E-state index >= 15 is 0 Å². The Morgan fingerprint density at radius 3 is 2.59 bits per heavy atom. The van der Waals surface area contributed by atoms with Crippen molar-refractivity contribution in [3.05, 3.63) is 65.7 Å². The Hall–Kier alpha value is -3.19. The maximum absolute atomic E-state index is 13.3. The third kappa shape index (κ3) is 4.00. The van der Waals surface area contributed by atoms with Crippen LogP contribution in [0.15, 0.2) is 54.6 Å². The van der Waals surface area contributed by atoms with Crippen LogP contribution in [0.25, 0.3) is 0 Å². The summed E-state index contributed by atoms with van der Waals surface area (Å²) in [4.78, 5) is 39.8. The Labute approximate surface area is 168 Å². The topological polar surface area (TPSA) is 95.9 Å². The Balaban J connectivity index is 1.57. The molecule has 0 saturated carbocycles. The van der Waals surface area contributed by atoms with Gasteiger partial charge in [-0.2, -0.15) is 0 Å². The van der Waals surface area contributed by atoms with Crippen LogP contribution in [0.3, 0.4) is 0 Å². The number of rotatable bonds is 5. The van der Waals surface area contributed by atoms with Gasteiger partial charge in [0, 0.05) is 18.5 Å². The van der Waals surface area contributed by atoms with Gasteiger partial charge in [-0.25, -0.2) is 0 Å². The molecule has 2 aromatic rings. The summed E-state index contributed by atoms with van der Waals surface area (Å²) in [5.74, 6) is -0.624. The van der Waals surface area contributed by atoms with Crippen LogP contribution in [0.4, 0.5) is 0 Å². The quantitative estimate of drug-likeness (QED) is 0.797. The predicted octanol–water partition coefficient (Wildman–Crippen LogP) is 1.30. The van der Waals surface area contributed by atoms with Crippen LogP contribution >= 0.6 is 0 Å². The van der Waals surface area contributed by atoms with Gasteiger partial charge in [-0.15, -0.1) is 0 Å². The number of ether oxygens (including phenoxy) is 1. The lowest BCUT2D eigenvalue weighted by molar-refractivity contribution is -0.138. The molecule has 7 nitrogen and oxygen atoms in total. The van der Waals surface area contributed by atoms with Crippen molar-refractivity contribution in [3.8, 4) is 5.75 Å². The molecule has 2 aliphatic heterocycles. The second-order valence-corrected chi connectivity index (χ2v) is 7.34. The van der Waals surface area contributed by atoms with Gasteiger partial charge in [0.05, 0.1) is 6.10 Å². The summed E-state index contributed by atoms with van der Waals surface area (Å²) in [7, 11) is 0. The first-order valence-corrected chi connectivity index (χ1v) is 9.61. The molecule has 0 aliphatic carbocycles. The average molecular weight is 394 g/mol. The number of ketones is 1. The molecule has 2 fully saturated rings. The number of likely N-dealkylation sites (tertiary alicyclic amines) is 1. The van der Waals surface area contributed by atoms with Gasteiger partial charge in [0.15, 0.2) is 5.78 Å². The van der Waals surface area contributed by atoms with Gasteiger partial charge in [0.1, 0.15) is 24.4 Å². The molecule has 2 heterocycles. The molecule has 150 valence electrons. The van der Waals surface area contributed by atoms with E-state index < -0.39 is 12.1 Å². The molecule has 4 rings (SSSR count). The fourth-order valence-electron chi connectivity index (χ4n) is 3.94. The van der Waals surface area contributed by atoms with Crippen LogP contribution in [-0.4, -0.2) is 58.9 Å². The Bertz CT molecular complexity index is 913. The molecule has 2 aliphatic rings. The highest BCUT2D eigenvalue weighted by Gasteiger charge is 2.48. The van der Waals surface area contributed by atoms with Crippen LogP contribution in [-0.2, 0) is 20.7 Å². The lowest BCUT2D eigenvalue weighted by atomic mass is 10.0. The van der Waals surface area contributed by atoms with Crippen molar-refractivity contribution in [1.29, 1.82) is 0 Å². The molecule has 2 amide bonds. The van der Waals surface area contributed by atoms with Gasteiger partial charge in [0.2, 0.25) is 5.91 Å². The molecule has 2 unspecified atom stereocenters. The standard InChI is InChI=1S/C22H22N2O5/c25-16-8-6-14(7-9-16)12-17(23-21(27)15-4-2-1-3-5-15)22(28)24-11-10-19-20(24)18(26)13-29-19/h1-9,17,19-20,25H,10-13H2,(H,23,27)/t17-,19?,20?/m0/s1. The zero-order chi connectivity index (χ0) is 20.4. The number of Topliss-reactive ketones (excluding diaryl/α,β-unsaturated/α-hetero) is 1. The Kier molecular flexibility index (Phi) is 5.31. The molecule has 0 aromatic heterocycles. The minimum Gasteiger partial charge on any atom is -0.508 e. The lowest BCUT2D eigenvalue weighted by Crippen LogP contribution is -2.53. The van der Waals surface area contributed by atoms with Gasteiger partial charge >= 0.3 is 0 Å². The molecule has 3 atom stereocenters. The van der Waals surface area contributed by atoms with Crippen LogP contribution in [0.5, 0.6) is 5.75 Å². The number of carbonyl (C=O) groups excluding carboxylic acids is 3. The van der Waals surface area contributed by atoms with E-state index in [-0.39, 0.29) is 42.5 Å². The monoisotopic (exact) mass is 394 g/mol. The second-order valence-electron chi connectivity index (χ2n) is 7.34. The lowest BCUT2D eigenvalue weighted by Gasteiger charge is -2.27. The number of phenolic OH excluding ortho intramolecular Hbond substituents is 1. The third-order valence-corrected chi connectivity index (χ3v) is 5.41. The highest BCUT2D eigenvalue weighted by atomic mass is 16.5. The number of fused-ring (bicyclic) bond motifs is 1. The van der Waals surface area contributed by atoms with Crippen molar-refractivity contribution in [2.75, 3.05) is 13.2 Å². The van der Waals surface area contributed by atoms with Crippen LogP contribution in [0.1, 0.15) is 22.3 Å². The fourth-order valence-corrected chi connectivity index (χ4v) is 3.94. The summed E-state index contributed by atoms with van der Waals surface area (Å²) in [6.07, 6.45) is 0.604. The normalized spacial score (nSPS) is 21.7. The molecule has 7 heteroatoms. The first kappa shape index (κ1) is 19.1. The molecule has 0 radical (unpaired) electrons. The van der Waals surface area contributed by atoms with Gasteiger partial charge < -0.3 is 20.1 Å². The SMILES string of the molecule is O=C(N[C@@H](Cc1ccc(O)cc1)C(=O)N1CCC2OCC(=O)C21)c1ccccc1. The van der Waals surface area contributed by atoms with Gasteiger partial charge in [-0.1, -0.05) is 30.3 Å². The molecule has 0 spiro atoms. The minimum atomic E-state index is -0.834. The molecule has 0 bridgehead atoms. The third-order valence-electron chi connectivity index (χ3n) is 5.41. The molecule has 2 N–H and O–H groups in total. The number of aromatic hydroxyl groups is 1. The van der Waals surface area contributed by atoms with Crippen molar-refractivity contribution in [2.24, 2.45) is 0 Å². The fraction of sp³-hybridized carbons (Fsp3) is 0.318. The van der Waals surface area contributed by atoms with Crippen molar-refractivity contribution < 1.29 is 24.2 Å². The van der Waals surface area contributed by atoms with E-state index in [1.54, 1.807) is 36.4 Å². The smallest absolute Gasteiger partial charge is 0.251 e. The van der Waals surface area contributed by atoms with E-state index in [1.165, 1.54) is 17.0 Å². The number of carbonyl (C=O) groups is 3. The first-order valence-electron chi connectivity index (χ1n) is 9.61. The van der Waals surface area contributed by atoms with E-state index in [9.17, 15) is 19.5 Å². The number of nitrogens with zero attached hydrogens (tertiary/aromatic N) is 1. The van der Waals surface area contributed by atoms with E-state index in [1.807, 2.05) is 6.07 Å². The number of phenols is 1. The molecule has 2 aromatic carbocycles. The van der Waals surface area contributed by atoms with Crippen molar-refractivity contribution >= 4 is 17.6 Å². The highest BCUT2D eigenvalue weighted by Crippen LogP contribution is 2.28. The van der Waals surface area contributed by atoms with Crippen LogP contribution < -0.4 is 5.32 Å². The van der Waals surface area contributed by atoms with E-state index in [4.69, 9.17) is 4.74 Å². The Morgan fingerprint density at radius 1 is 1.14 bits per heavy atom. The summed E-state index contributed by atoms with van der Waals surface area (Å²) in [6.45, 7) is 0.450. The zero-order valence-corrected chi connectivity index (χ0v) is 15.8. The van der Waals surface area contributed by atoms with E-state index in [0.29, 0.717) is 18.5 Å². The predicted molar refractivity (Wildman–Crippen MR) is 104 cm³/mol. The molecule has 29 heavy (non-hydrogen) atoms. The first-order chi connectivity index (χ1) is 14.0. The maximum Gasteiger partial charge on any atom is 0.251 e. The summed E-state index contributed by atoms with van der Waals surface area (Å²) in [5, 5.41) is 12.3. The number of hydrogen-bond donors (Lipinski definition) is 2. The molecule has 2 saturated heterocycles. The van der Waals surface area contributed by atoms with Gasteiger partial charge in [-0.05, 0) is 36.2 Å². The second kappa shape index (κ2) is 8.05. The summed E-state index contributed by atoms with van der Waals surface area (Å²) in [5.41, 5.74) is 1.25. The minimum absolute atomic E-state index is 0.0259. The maximum atomic E-state index is 13.3. The average Bonchev–Trinajstić information content (AvgIpc) is 3.32. The molecular weight excluding hydrogens is 372 g/mol. The highest BCUT2D eigenvalue weighted by molar-refractivity contribution is 5.99. The Morgan fingerprint density at radius 2 is 1.86 bits per heavy atom. The number of hydrogen-bond acceptors (Lipinski definition) is 5.